The van der Waals surface area contributed by atoms with Crippen LogP contribution in [-0.4, -0.2) is 54.0 Å². The van der Waals surface area contributed by atoms with E-state index in [-0.39, 0.29) is 36.3 Å². The second kappa shape index (κ2) is 13.5. The molecule has 1 saturated carbocycles. The topological polar surface area (TPSA) is 58.4 Å². The molecule has 24 heavy (non-hydrogen) atoms. The van der Waals surface area contributed by atoms with E-state index in [2.05, 4.69) is 22.0 Å². The van der Waals surface area contributed by atoms with Crippen molar-refractivity contribution in [3.05, 3.63) is 0 Å². The van der Waals surface area contributed by atoms with Gasteiger partial charge in [0.15, 0.2) is 0 Å². The molecule has 1 amide bonds. The summed E-state index contributed by atoms with van der Waals surface area (Å²) in [6.07, 6.45) is 10.2. The summed E-state index contributed by atoms with van der Waals surface area (Å²) in [6, 6.07) is 0. The summed E-state index contributed by atoms with van der Waals surface area (Å²) in [5.41, 5.74) is 5.75. The fourth-order valence-corrected chi connectivity index (χ4v) is 4.71. The number of carbonyl (C=O) groups excluding carboxylic acids is 1. The van der Waals surface area contributed by atoms with E-state index in [0.717, 1.165) is 38.8 Å². The summed E-state index contributed by atoms with van der Waals surface area (Å²) in [7, 11) is 0. The molecule has 2 fully saturated rings. The highest BCUT2D eigenvalue weighted by Crippen LogP contribution is 2.36. The first-order valence-corrected chi connectivity index (χ1v) is 10.2. The quantitative estimate of drug-likeness (QED) is 0.584. The van der Waals surface area contributed by atoms with Gasteiger partial charge in [0.2, 0.25) is 5.91 Å². The van der Waals surface area contributed by atoms with Gasteiger partial charge in [-0.25, -0.2) is 0 Å². The minimum Gasteiger partial charge on any atom is -0.354 e. The van der Waals surface area contributed by atoms with Crippen molar-refractivity contribution in [2.75, 3.05) is 37.7 Å². The van der Waals surface area contributed by atoms with E-state index >= 15 is 0 Å². The molecule has 1 aliphatic carbocycles. The van der Waals surface area contributed by atoms with Crippen molar-refractivity contribution in [2.45, 2.75) is 63.3 Å². The van der Waals surface area contributed by atoms with Crippen LogP contribution in [0.1, 0.15) is 57.8 Å². The number of amides is 1. The highest BCUT2D eigenvalue weighted by molar-refractivity contribution is 7.99. The third kappa shape index (κ3) is 7.69. The average molecular weight is 400 g/mol. The summed E-state index contributed by atoms with van der Waals surface area (Å²) >= 11 is 2.06. The molecule has 2 aliphatic rings. The molecule has 144 valence electrons. The van der Waals surface area contributed by atoms with Gasteiger partial charge < -0.3 is 11.1 Å². The molecule has 0 atom stereocenters. The molecule has 0 aromatic carbocycles. The third-order valence-electron chi connectivity index (χ3n) is 5.19. The van der Waals surface area contributed by atoms with Crippen molar-refractivity contribution in [3.63, 3.8) is 0 Å². The number of thioether (sulfide) groups is 1. The standard InChI is InChI=1S/C17H33N3OS.2ClH/c18-10-6-2-1-3-7-16(21)19-15-17(8-4-5-9-17)20-11-13-22-14-12-20;;/h1-15,18H2,(H,19,21);2*1H. The van der Waals surface area contributed by atoms with Gasteiger partial charge in [-0.2, -0.15) is 11.8 Å². The molecule has 7 heteroatoms. The SMILES string of the molecule is Cl.Cl.NCCCCCCC(=O)NCC1(N2CCSCC2)CCCC1. The molecule has 1 heterocycles. The van der Waals surface area contributed by atoms with Crippen LogP contribution in [0.2, 0.25) is 0 Å². The number of nitrogens with zero attached hydrogens (tertiary/aromatic N) is 1. The fraction of sp³-hybridized carbons (Fsp3) is 0.941. The maximum absolute atomic E-state index is 12.1. The molecule has 0 bridgehead atoms. The van der Waals surface area contributed by atoms with Crippen LogP contribution in [0.25, 0.3) is 0 Å². The van der Waals surface area contributed by atoms with E-state index in [1.807, 2.05) is 0 Å². The fourth-order valence-electron chi connectivity index (χ4n) is 3.81. The molecule has 0 unspecified atom stereocenters. The number of nitrogens with two attached hydrogens (primary N) is 1. The molecule has 0 aromatic heterocycles. The summed E-state index contributed by atoms with van der Waals surface area (Å²) in [5.74, 6) is 2.73. The van der Waals surface area contributed by atoms with Crippen LogP contribution in [0.4, 0.5) is 0 Å². The van der Waals surface area contributed by atoms with Crippen molar-refractivity contribution >= 4 is 42.5 Å². The number of hydrogen-bond acceptors (Lipinski definition) is 4. The van der Waals surface area contributed by atoms with Crippen molar-refractivity contribution in [2.24, 2.45) is 5.73 Å². The Hall–Kier alpha value is 0.320. The van der Waals surface area contributed by atoms with Crippen LogP contribution in [0.3, 0.4) is 0 Å². The van der Waals surface area contributed by atoms with Crippen LogP contribution in [-0.2, 0) is 4.79 Å². The van der Waals surface area contributed by atoms with Gasteiger partial charge in [-0.05, 0) is 32.2 Å². The zero-order valence-electron chi connectivity index (χ0n) is 14.8. The highest BCUT2D eigenvalue weighted by atomic mass is 35.5. The zero-order chi connectivity index (χ0) is 15.7. The molecule has 0 radical (unpaired) electrons. The smallest absolute Gasteiger partial charge is 0.220 e. The van der Waals surface area contributed by atoms with E-state index in [1.54, 1.807) is 0 Å². The maximum atomic E-state index is 12.1. The lowest BCUT2D eigenvalue weighted by molar-refractivity contribution is -0.121. The van der Waals surface area contributed by atoms with Crippen LogP contribution in [0.5, 0.6) is 0 Å². The molecule has 1 saturated heterocycles. The Kier molecular flexibility index (Phi) is 13.7. The van der Waals surface area contributed by atoms with Gasteiger partial charge >= 0.3 is 0 Å². The van der Waals surface area contributed by atoms with E-state index in [4.69, 9.17) is 5.73 Å². The Labute approximate surface area is 164 Å². The monoisotopic (exact) mass is 399 g/mol. The predicted molar refractivity (Wildman–Crippen MR) is 110 cm³/mol. The van der Waals surface area contributed by atoms with Gasteiger partial charge in [0.25, 0.3) is 0 Å². The van der Waals surface area contributed by atoms with Crippen molar-refractivity contribution in [1.29, 1.82) is 0 Å². The largest absolute Gasteiger partial charge is 0.354 e. The molecule has 0 spiro atoms. The zero-order valence-corrected chi connectivity index (χ0v) is 17.2. The van der Waals surface area contributed by atoms with Crippen molar-refractivity contribution in [1.82, 2.24) is 10.2 Å². The van der Waals surface area contributed by atoms with E-state index in [9.17, 15) is 4.79 Å². The highest BCUT2D eigenvalue weighted by Gasteiger charge is 2.39. The lowest BCUT2D eigenvalue weighted by Crippen LogP contribution is -2.56. The molecule has 0 aromatic rings. The van der Waals surface area contributed by atoms with E-state index in [0.29, 0.717) is 6.42 Å². The summed E-state index contributed by atoms with van der Waals surface area (Å²) < 4.78 is 0. The number of rotatable bonds is 9. The van der Waals surface area contributed by atoms with Crippen LogP contribution in [0, 0.1) is 0 Å². The number of hydrogen-bond donors (Lipinski definition) is 2. The molecule has 3 N–H and O–H groups in total. The van der Waals surface area contributed by atoms with Crippen LogP contribution >= 0.6 is 36.6 Å². The lowest BCUT2D eigenvalue weighted by atomic mass is 9.94. The normalized spacial score (nSPS) is 20.0. The van der Waals surface area contributed by atoms with Gasteiger partial charge in [-0.3, -0.25) is 9.69 Å². The average Bonchev–Trinajstić information content (AvgIpc) is 3.04. The summed E-state index contributed by atoms with van der Waals surface area (Å²) in [6.45, 7) is 4.02. The lowest BCUT2D eigenvalue weighted by Gasteiger charge is -2.43. The number of halogens is 2. The molecule has 4 nitrogen and oxygen atoms in total. The van der Waals surface area contributed by atoms with Crippen LogP contribution < -0.4 is 11.1 Å². The van der Waals surface area contributed by atoms with Gasteiger partial charge in [0.1, 0.15) is 0 Å². The number of nitrogens with one attached hydrogen (secondary N) is 1. The first kappa shape index (κ1) is 24.3. The maximum Gasteiger partial charge on any atom is 0.220 e. The Balaban J connectivity index is 0.00000264. The first-order chi connectivity index (χ1) is 10.8. The van der Waals surface area contributed by atoms with Gasteiger partial charge in [0, 0.05) is 43.1 Å². The Morgan fingerprint density at radius 3 is 2.29 bits per heavy atom. The van der Waals surface area contributed by atoms with Crippen molar-refractivity contribution in [3.8, 4) is 0 Å². The molecular weight excluding hydrogens is 365 g/mol. The summed E-state index contributed by atoms with van der Waals surface area (Å²) in [4.78, 5) is 14.8. The Morgan fingerprint density at radius 1 is 1.04 bits per heavy atom. The first-order valence-electron chi connectivity index (χ1n) is 9.06. The minimum absolute atomic E-state index is 0. The molecule has 1 aliphatic heterocycles. The second-order valence-corrected chi connectivity index (χ2v) is 7.99. The number of unbranched alkanes of at least 4 members (excludes halogenated alkanes) is 3. The Bertz CT molecular complexity index is 336. The third-order valence-corrected chi connectivity index (χ3v) is 6.13. The Morgan fingerprint density at radius 2 is 1.67 bits per heavy atom. The second-order valence-electron chi connectivity index (χ2n) is 6.76. The summed E-state index contributed by atoms with van der Waals surface area (Å²) in [5, 5.41) is 3.24. The van der Waals surface area contributed by atoms with Gasteiger partial charge in [-0.15, -0.1) is 24.8 Å². The molecule has 2 rings (SSSR count). The molecular formula is C17H35Cl2N3OS. The number of carbonyl (C=O) groups is 1. The van der Waals surface area contributed by atoms with Crippen molar-refractivity contribution < 1.29 is 4.79 Å². The minimum atomic E-state index is 0. The predicted octanol–water partition coefficient (Wildman–Crippen LogP) is 3.22. The van der Waals surface area contributed by atoms with E-state index < -0.39 is 0 Å². The van der Waals surface area contributed by atoms with Gasteiger partial charge in [0.05, 0.1) is 0 Å². The van der Waals surface area contributed by atoms with Gasteiger partial charge in [-0.1, -0.05) is 25.7 Å². The van der Waals surface area contributed by atoms with E-state index in [1.165, 1.54) is 50.3 Å². The van der Waals surface area contributed by atoms with Crippen LogP contribution in [0.15, 0.2) is 0 Å².